The number of ether oxygens (including phenoxy) is 1. The van der Waals surface area contributed by atoms with Crippen molar-refractivity contribution in [2.75, 3.05) is 31.0 Å². The van der Waals surface area contributed by atoms with Crippen LogP contribution in [0.3, 0.4) is 0 Å². The van der Waals surface area contributed by atoms with Crippen molar-refractivity contribution in [3.63, 3.8) is 0 Å². The lowest BCUT2D eigenvalue weighted by Gasteiger charge is -2.51. The monoisotopic (exact) mass is 466 g/mol. The average molecular weight is 467 g/mol. The third-order valence-corrected chi connectivity index (χ3v) is 7.34. The second-order valence-corrected chi connectivity index (χ2v) is 8.96. The van der Waals surface area contributed by atoms with Gasteiger partial charge in [0.15, 0.2) is 6.23 Å². The highest BCUT2D eigenvalue weighted by atomic mass is 16.5. The summed E-state index contributed by atoms with van der Waals surface area (Å²) in [6.45, 7) is -0.233. The molecule has 4 aromatic carbocycles. The van der Waals surface area contributed by atoms with Crippen molar-refractivity contribution in [1.82, 2.24) is 0 Å². The molecule has 0 aromatic heterocycles. The van der Waals surface area contributed by atoms with Gasteiger partial charge in [-0.1, -0.05) is 78.9 Å². The number of nitrogens with zero attached hydrogens (tertiary/aromatic N) is 1. The Kier molecular flexibility index (Phi) is 5.97. The summed E-state index contributed by atoms with van der Waals surface area (Å²) in [6.07, 6.45) is -0.991. The van der Waals surface area contributed by atoms with E-state index in [1.807, 2.05) is 121 Å². The van der Waals surface area contributed by atoms with Crippen molar-refractivity contribution in [3.8, 4) is 5.75 Å². The van der Waals surface area contributed by atoms with Gasteiger partial charge < -0.3 is 25.2 Å². The van der Waals surface area contributed by atoms with Crippen LogP contribution in [-0.4, -0.2) is 37.2 Å². The first kappa shape index (κ1) is 23.0. The van der Waals surface area contributed by atoms with E-state index in [0.29, 0.717) is 0 Å². The van der Waals surface area contributed by atoms with Crippen molar-refractivity contribution < 1.29 is 14.9 Å². The lowest BCUT2D eigenvalue weighted by molar-refractivity contribution is 0.0411. The highest BCUT2D eigenvalue weighted by Crippen LogP contribution is 2.57. The second-order valence-electron chi connectivity index (χ2n) is 8.96. The van der Waals surface area contributed by atoms with Gasteiger partial charge in [-0.05, 0) is 41.5 Å². The van der Waals surface area contributed by atoms with Crippen LogP contribution < -0.4 is 15.0 Å². The van der Waals surface area contributed by atoms with Gasteiger partial charge in [-0.15, -0.1) is 0 Å². The number of para-hydroxylation sites is 1. The molecule has 0 radical (unpaired) electrons. The van der Waals surface area contributed by atoms with E-state index >= 15 is 0 Å². The number of nitrogens with one attached hydrogen (secondary N) is 1. The predicted octanol–water partition coefficient (Wildman–Crippen LogP) is 4.75. The summed E-state index contributed by atoms with van der Waals surface area (Å²) < 4.78 is 5.36. The molecule has 0 saturated heterocycles. The number of aliphatic hydroxyl groups excluding tert-OH is 2. The number of fused-ring (bicyclic) bond motifs is 1. The van der Waals surface area contributed by atoms with E-state index in [0.717, 1.165) is 33.8 Å². The van der Waals surface area contributed by atoms with Gasteiger partial charge in [0.2, 0.25) is 0 Å². The maximum atomic E-state index is 12.1. The van der Waals surface area contributed by atoms with E-state index in [9.17, 15) is 10.2 Å². The molecule has 2 atom stereocenters. The number of aliphatic hydroxyl groups is 2. The fourth-order valence-corrected chi connectivity index (χ4v) is 5.64. The van der Waals surface area contributed by atoms with Gasteiger partial charge in [0.05, 0.1) is 19.1 Å². The fourth-order valence-electron chi connectivity index (χ4n) is 5.64. The molecule has 5 heteroatoms. The Morgan fingerprint density at radius 3 is 1.91 bits per heavy atom. The number of rotatable bonds is 7. The first-order valence-electron chi connectivity index (χ1n) is 11.7. The molecule has 0 bridgehead atoms. The molecule has 1 aliphatic rings. The topological polar surface area (TPSA) is 65.0 Å². The lowest BCUT2D eigenvalue weighted by atomic mass is 9.58. The van der Waals surface area contributed by atoms with Gasteiger partial charge >= 0.3 is 0 Å². The summed E-state index contributed by atoms with van der Waals surface area (Å²) in [7, 11) is 3.52. The smallest absolute Gasteiger partial charge is 0.155 e. The number of likely N-dealkylation sites (N-methyl/N-ethyl adjacent to an activating group) is 1. The fraction of sp³-hybridized carbons (Fsp3) is 0.200. The summed E-state index contributed by atoms with van der Waals surface area (Å²) in [4.78, 5) is 1.88. The number of benzene rings is 4. The van der Waals surface area contributed by atoms with Crippen LogP contribution in [-0.2, 0) is 11.0 Å². The maximum absolute atomic E-state index is 12.1. The Balaban J connectivity index is 1.87. The largest absolute Gasteiger partial charge is 0.497 e. The standard InChI is InChI=1S/C30H30N2O3/c1-32-27-16-10-9-15-26(27)30(28(32)34,31-24-17-19-25(35-2)20-18-24)29(21-33,22-11-5-3-6-12-22)23-13-7-4-8-14-23/h3-20,28,31,33-34H,21H2,1-2H3. The zero-order chi connectivity index (χ0) is 24.5. The van der Waals surface area contributed by atoms with E-state index in [-0.39, 0.29) is 6.61 Å². The molecule has 2 unspecified atom stereocenters. The minimum absolute atomic E-state index is 0.233. The minimum Gasteiger partial charge on any atom is -0.497 e. The van der Waals surface area contributed by atoms with Crippen molar-refractivity contribution in [2.24, 2.45) is 0 Å². The van der Waals surface area contributed by atoms with E-state index in [2.05, 4.69) is 5.32 Å². The Bertz CT molecular complexity index is 1240. The number of anilines is 2. The maximum Gasteiger partial charge on any atom is 0.155 e. The van der Waals surface area contributed by atoms with Crippen LogP contribution in [0.2, 0.25) is 0 Å². The second kappa shape index (κ2) is 9.10. The molecular weight excluding hydrogens is 436 g/mol. The van der Waals surface area contributed by atoms with Crippen molar-refractivity contribution >= 4 is 11.4 Å². The first-order chi connectivity index (χ1) is 17.1. The van der Waals surface area contributed by atoms with Crippen LogP contribution in [0, 0.1) is 0 Å². The average Bonchev–Trinajstić information content (AvgIpc) is 3.14. The third kappa shape index (κ3) is 3.39. The van der Waals surface area contributed by atoms with Crippen molar-refractivity contribution in [3.05, 3.63) is 126 Å². The molecule has 178 valence electrons. The van der Waals surface area contributed by atoms with E-state index in [1.165, 1.54) is 0 Å². The zero-order valence-corrected chi connectivity index (χ0v) is 19.9. The van der Waals surface area contributed by atoms with Crippen LogP contribution >= 0.6 is 0 Å². The van der Waals surface area contributed by atoms with Gasteiger partial charge in [-0.25, -0.2) is 0 Å². The lowest BCUT2D eigenvalue weighted by Crippen LogP contribution is -2.64. The zero-order valence-electron chi connectivity index (χ0n) is 19.9. The van der Waals surface area contributed by atoms with Gasteiger partial charge in [0, 0.05) is 24.0 Å². The number of methoxy groups -OCH3 is 1. The Morgan fingerprint density at radius 2 is 1.37 bits per heavy atom. The molecule has 5 rings (SSSR count). The summed E-state index contributed by atoms with van der Waals surface area (Å²) in [5, 5.41) is 27.2. The molecule has 35 heavy (non-hydrogen) atoms. The molecule has 0 spiro atoms. The number of hydrogen-bond acceptors (Lipinski definition) is 5. The third-order valence-electron chi connectivity index (χ3n) is 7.34. The molecule has 1 heterocycles. The van der Waals surface area contributed by atoms with Gasteiger partial charge in [-0.2, -0.15) is 0 Å². The molecule has 0 saturated carbocycles. The molecule has 0 fully saturated rings. The molecule has 3 N–H and O–H groups in total. The van der Waals surface area contributed by atoms with Crippen molar-refractivity contribution in [1.29, 1.82) is 0 Å². The first-order valence-corrected chi connectivity index (χ1v) is 11.7. The van der Waals surface area contributed by atoms with Crippen LogP contribution in [0.15, 0.2) is 109 Å². The molecule has 1 aliphatic heterocycles. The Labute approximate surface area is 206 Å². The normalized spacial score (nSPS) is 19.3. The highest BCUT2D eigenvalue weighted by molar-refractivity contribution is 5.71. The SMILES string of the molecule is COc1ccc(NC2(C(CO)(c3ccccc3)c3ccccc3)c3ccccc3N(C)C2O)cc1. The highest BCUT2D eigenvalue weighted by Gasteiger charge is 2.63. The summed E-state index contributed by atoms with van der Waals surface area (Å²) in [5.74, 6) is 0.744. The van der Waals surface area contributed by atoms with Crippen LogP contribution in [0.5, 0.6) is 5.75 Å². The summed E-state index contributed by atoms with van der Waals surface area (Å²) >= 11 is 0. The van der Waals surface area contributed by atoms with E-state index in [1.54, 1.807) is 7.11 Å². The summed E-state index contributed by atoms with van der Waals surface area (Å²) in [6, 6.07) is 35.5. The minimum atomic E-state index is -1.13. The van der Waals surface area contributed by atoms with Crippen LogP contribution in [0.4, 0.5) is 11.4 Å². The molecule has 5 nitrogen and oxygen atoms in total. The quantitative estimate of drug-likeness (QED) is 0.367. The Hall–Kier alpha value is -3.80. The predicted molar refractivity (Wildman–Crippen MR) is 140 cm³/mol. The Morgan fingerprint density at radius 1 is 0.829 bits per heavy atom. The van der Waals surface area contributed by atoms with Gasteiger partial charge in [0.1, 0.15) is 11.3 Å². The molecule has 0 aliphatic carbocycles. The van der Waals surface area contributed by atoms with Crippen molar-refractivity contribution in [2.45, 2.75) is 17.2 Å². The summed E-state index contributed by atoms with van der Waals surface area (Å²) in [5.41, 5.74) is 2.26. The van der Waals surface area contributed by atoms with Gasteiger partial charge in [0.25, 0.3) is 0 Å². The van der Waals surface area contributed by atoms with Crippen LogP contribution in [0.1, 0.15) is 16.7 Å². The number of hydrogen-bond donors (Lipinski definition) is 3. The molecular formula is C30H30N2O3. The molecule has 4 aromatic rings. The van der Waals surface area contributed by atoms with Crippen LogP contribution in [0.25, 0.3) is 0 Å². The van der Waals surface area contributed by atoms with E-state index in [4.69, 9.17) is 4.74 Å². The van der Waals surface area contributed by atoms with E-state index < -0.39 is 17.2 Å². The van der Waals surface area contributed by atoms with Gasteiger partial charge in [-0.3, -0.25) is 0 Å². The molecule has 0 amide bonds.